The molecule has 0 bridgehead atoms. The Morgan fingerprint density at radius 3 is 2.74 bits per heavy atom. The Labute approximate surface area is 138 Å². The van der Waals surface area contributed by atoms with Crippen LogP contribution in [0.25, 0.3) is 11.3 Å². The van der Waals surface area contributed by atoms with Crippen LogP contribution in [0.1, 0.15) is 20.8 Å². The molecule has 0 saturated carbocycles. The van der Waals surface area contributed by atoms with Crippen molar-refractivity contribution in [2.24, 2.45) is 0 Å². The molecule has 0 aliphatic carbocycles. The van der Waals surface area contributed by atoms with E-state index in [4.69, 9.17) is 16.3 Å². The summed E-state index contributed by atoms with van der Waals surface area (Å²) in [6.07, 6.45) is 0.844. The molecule has 2 aromatic rings. The van der Waals surface area contributed by atoms with Gasteiger partial charge < -0.3 is 9.64 Å². The van der Waals surface area contributed by atoms with Gasteiger partial charge in [-0.15, -0.1) is 0 Å². The van der Waals surface area contributed by atoms with Crippen LogP contribution in [0.2, 0.25) is 5.28 Å². The smallest absolute Gasteiger partial charge is 0.223 e. The second kappa shape index (κ2) is 5.92. The number of nitrogens with zero attached hydrogens (tertiary/aromatic N) is 3. The van der Waals surface area contributed by atoms with E-state index in [9.17, 15) is 8.78 Å². The fourth-order valence-corrected chi connectivity index (χ4v) is 2.83. The van der Waals surface area contributed by atoms with E-state index < -0.39 is 11.6 Å². The van der Waals surface area contributed by atoms with E-state index in [2.05, 4.69) is 9.97 Å². The summed E-state index contributed by atoms with van der Waals surface area (Å²) in [5.41, 5.74) is 0.850. The number of hydrogen-bond donors (Lipinski definition) is 0. The van der Waals surface area contributed by atoms with Crippen LogP contribution in [0.5, 0.6) is 5.75 Å². The molecule has 7 heteroatoms. The lowest BCUT2D eigenvalue weighted by molar-refractivity contribution is 0.199. The molecule has 0 saturated heterocycles. The van der Waals surface area contributed by atoms with E-state index in [-0.39, 0.29) is 28.9 Å². The van der Waals surface area contributed by atoms with Crippen LogP contribution in [0.15, 0.2) is 18.3 Å². The molecule has 0 fully saturated rings. The molecule has 0 radical (unpaired) electrons. The second-order valence-corrected chi connectivity index (χ2v) is 6.15. The van der Waals surface area contributed by atoms with Crippen molar-refractivity contribution in [2.75, 3.05) is 11.4 Å². The van der Waals surface area contributed by atoms with Crippen molar-refractivity contribution in [1.82, 2.24) is 9.97 Å². The molecule has 1 aliphatic heterocycles. The summed E-state index contributed by atoms with van der Waals surface area (Å²) in [5.74, 6) is -1.03. The molecule has 2 heterocycles. The number of ether oxygens (including phenoxy) is 1. The van der Waals surface area contributed by atoms with Gasteiger partial charge in [-0.05, 0) is 44.5 Å². The van der Waals surface area contributed by atoms with Gasteiger partial charge in [-0.25, -0.2) is 18.7 Å². The Hall–Kier alpha value is -1.95. The van der Waals surface area contributed by atoms with Crippen LogP contribution in [0.3, 0.4) is 0 Å². The molecule has 1 aromatic carbocycles. The van der Waals surface area contributed by atoms with Crippen molar-refractivity contribution in [3.8, 4) is 17.0 Å². The first-order valence-electron chi connectivity index (χ1n) is 7.32. The van der Waals surface area contributed by atoms with Gasteiger partial charge >= 0.3 is 0 Å². The number of hydrogen-bond acceptors (Lipinski definition) is 4. The third kappa shape index (κ3) is 2.95. The molecule has 23 heavy (non-hydrogen) atoms. The summed E-state index contributed by atoms with van der Waals surface area (Å²) in [6, 6.07) is 3.02. The lowest BCUT2D eigenvalue weighted by Gasteiger charge is -2.38. The molecular weight excluding hydrogens is 324 g/mol. The van der Waals surface area contributed by atoms with Gasteiger partial charge in [-0.3, -0.25) is 0 Å². The van der Waals surface area contributed by atoms with E-state index >= 15 is 0 Å². The number of anilines is 1. The molecule has 3 rings (SSSR count). The van der Waals surface area contributed by atoms with Crippen LogP contribution < -0.4 is 9.64 Å². The van der Waals surface area contributed by atoms with Crippen LogP contribution in [0, 0.1) is 11.6 Å². The molecular formula is C16H16ClF2N3O. The molecule has 4 nitrogen and oxygen atoms in total. The maximum absolute atomic E-state index is 14.5. The molecule has 122 valence electrons. The largest absolute Gasteiger partial charge is 0.484 e. The van der Waals surface area contributed by atoms with Gasteiger partial charge in [0.25, 0.3) is 0 Å². The Morgan fingerprint density at radius 2 is 2.04 bits per heavy atom. The fourth-order valence-electron chi connectivity index (χ4n) is 2.70. The number of halogens is 3. The SMILES string of the molecule is CC1CN(C(C)C)c2cc(-c3nc(Cl)ncc3F)cc(F)c2O1. The Kier molecular flexibility index (Phi) is 4.10. The van der Waals surface area contributed by atoms with Gasteiger partial charge in [-0.1, -0.05) is 0 Å². The predicted molar refractivity (Wildman–Crippen MR) is 85.0 cm³/mol. The molecule has 1 aliphatic rings. The summed E-state index contributed by atoms with van der Waals surface area (Å²) in [6.45, 7) is 6.53. The van der Waals surface area contributed by atoms with E-state index in [1.54, 1.807) is 6.07 Å². The van der Waals surface area contributed by atoms with Gasteiger partial charge in [0.2, 0.25) is 5.28 Å². The summed E-state index contributed by atoms with van der Waals surface area (Å²) >= 11 is 5.73. The first-order chi connectivity index (χ1) is 10.9. The van der Waals surface area contributed by atoms with Crippen molar-refractivity contribution in [2.45, 2.75) is 32.9 Å². The minimum atomic E-state index is -0.657. The van der Waals surface area contributed by atoms with Crippen LogP contribution in [-0.4, -0.2) is 28.7 Å². The quantitative estimate of drug-likeness (QED) is 0.773. The highest BCUT2D eigenvalue weighted by Crippen LogP contribution is 2.40. The molecule has 1 unspecified atom stereocenters. The monoisotopic (exact) mass is 339 g/mol. The van der Waals surface area contributed by atoms with Crippen LogP contribution >= 0.6 is 11.6 Å². The van der Waals surface area contributed by atoms with Gasteiger partial charge in [-0.2, -0.15) is 0 Å². The van der Waals surface area contributed by atoms with Crippen LogP contribution in [0.4, 0.5) is 14.5 Å². The molecule has 1 aromatic heterocycles. The maximum atomic E-state index is 14.5. The zero-order valence-electron chi connectivity index (χ0n) is 13.0. The number of fused-ring (bicyclic) bond motifs is 1. The van der Waals surface area contributed by atoms with Crippen molar-refractivity contribution in [3.63, 3.8) is 0 Å². The van der Waals surface area contributed by atoms with E-state index in [0.29, 0.717) is 17.8 Å². The summed E-state index contributed by atoms with van der Waals surface area (Å²) in [4.78, 5) is 9.47. The minimum absolute atomic E-state index is 0.0333. The van der Waals surface area contributed by atoms with E-state index in [1.165, 1.54) is 6.07 Å². The summed E-state index contributed by atoms with van der Waals surface area (Å²) in [7, 11) is 0. The first kappa shape index (κ1) is 15.9. The lowest BCUT2D eigenvalue weighted by Crippen LogP contribution is -2.42. The lowest BCUT2D eigenvalue weighted by atomic mass is 10.1. The first-order valence-corrected chi connectivity index (χ1v) is 7.70. The number of benzene rings is 1. The standard InChI is InChI=1S/C16H16ClF2N3O/c1-8(2)22-7-9(3)23-15-11(18)4-10(5-13(15)22)14-12(19)6-20-16(17)21-14/h4-6,8-9H,7H2,1-3H3. The predicted octanol–water partition coefficient (Wildman–Crippen LogP) is 4.07. The molecule has 0 N–H and O–H groups in total. The second-order valence-electron chi connectivity index (χ2n) is 5.82. The highest BCUT2D eigenvalue weighted by Gasteiger charge is 2.28. The minimum Gasteiger partial charge on any atom is -0.484 e. The molecule has 0 spiro atoms. The summed E-state index contributed by atoms with van der Waals surface area (Å²) in [5, 5.41) is -0.0925. The van der Waals surface area contributed by atoms with Crippen molar-refractivity contribution in [1.29, 1.82) is 0 Å². The van der Waals surface area contributed by atoms with Crippen molar-refractivity contribution >= 4 is 17.3 Å². The molecule has 0 amide bonds. The van der Waals surface area contributed by atoms with Crippen molar-refractivity contribution < 1.29 is 13.5 Å². The van der Waals surface area contributed by atoms with Crippen LogP contribution in [-0.2, 0) is 0 Å². The Balaban J connectivity index is 2.17. The van der Waals surface area contributed by atoms with E-state index in [1.807, 2.05) is 25.7 Å². The third-order valence-corrected chi connectivity index (χ3v) is 3.90. The van der Waals surface area contributed by atoms with Gasteiger partial charge in [0, 0.05) is 11.6 Å². The molecule has 1 atom stereocenters. The highest BCUT2D eigenvalue weighted by atomic mass is 35.5. The topological polar surface area (TPSA) is 38.2 Å². The Morgan fingerprint density at radius 1 is 1.30 bits per heavy atom. The van der Waals surface area contributed by atoms with E-state index in [0.717, 1.165) is 6.20 Å². The number of rotatable bonds is 2. The average Bonchev–Trinajstić information content (AvgIpc) is 2.49. The van der Waals surface area contributed by atoms with Gasteiger partial charge in [0.05, 0.1) is 18.4 Å². The normalized spacial score (nSPS) is 17.2. The third-order valence-electron chi connectivity index (χ3n) is 3.72. The zero-order valence-corrected chi connectivity index (χ0v) is 13.7. The zero-order chi connectivity index (χ0) is 16.7. The number of aromatic nitrogens is 2. The summed E-state index contributed by atoms with van der Waals surface area (Å²) < 4.78 is 34.1. The highest BCUT2D eigenvalue weighted by molar-refractivity contribution is 6.28. The fraction of sp³-hybridized carbons (Fsp3) is 0.375. The van der Waals surface area contributed by atoms with Gasteiger partial charge in [0.15, 0.2) is 17.4 Å². The average molecular weight is 340 g/mol. The van der Waals surface area contributed by atoms with Gasteiger partial charge in [0.1, 0.15) is 11.8 Å². The maximum Gasteiger partial charge on any atom is 0.223 e. The Bertz CT molecular complexity index is 754. The van der Waals surface area contributed by atoms with Crippen molar-refractivity contribution in [3.05, 3.63) is 35.2 Å².